The molecule has 0 spiro atoms. The highest BCUT2D eigenvalue weighted by atomic mass is 32.2. The number of ether oxygens (including phenoxy) is 1. The van der Waals surface area contributed by atoms with E-state index in [1.165, 1.54) is 89.9 Å². The Balaban J connectivity index is 0. The number of methoxy groups -OCH3 is 1. The second kappa shape index (κ2) is 38.4. The van der Waals surface area contributed by atoms with Gasteiger partial charge in [0.15, 0.2) is 0 Å². The summed E-state index contributed by atoms with van der Waals surface area (Å²) in [5, 5.41) is 2.91. The lowest BCUT2D eigenvalue weighted by Gasteiger charge is -2.32. The zero-order valence-corrected chi connectivity index (χ0v) is 31.7. The summed E-state index contributed by atoms with van der Waals surface area (Å²) in [6.07, 6.45) is 24.0. The molecule has 0 aromatic rings. The highest BCUT2D eigenvalue weighted by Crippen LogP contribution is 2.11. The lowest BCUT2D eigenvalue weighted by atomic mass is 10.0. The number of unbranched alkanes of at least 4 members (excludes halogenated alkanes) is 13. The van der Waals surface area contributed by atoms with Crippen molar-refractivity contribution in [3.05, 3.63) is 0 Å². The number of hydrogen-bond acceptors (Lipinski definition) is 8. The summed E-state index contributed by atoms with van der Waals surface area (Å²) in [5.74, 6) is 2.44. The minimum Gasteiger partial charge on any atom is -0.385 e. The second-order valence-corrected chi connectivity index (χ2v) is 14.4. The Labute approximate surface area is 289 Å². The molecule has 46 heavy (non-hydrogen) atoms. The third-order valence-corrected chi connectivity index (χ3v) is 9.22. The van der Waals surface area contributed by atoms with Crippen LogP contribution in [0.15, 0.2) is 0 Å². The number of carbonyl (C=O) groups is 3. The Morgan fingerprint density at radius 2 is 1.37 bits per heavy atom. The van der Waals surface area contributed by atoms with E-state index in [2.05, 4.69) is 42.9 Å². The maximum Gasteiger partial charge on any atom is 0.236 e. The second-order valence-electron chi connectivity index (χ2n) is 13.1. The van der Waals surface area contributed by atoms with Gasteiger partial charge < -0.3 is 30.3 Å². The number of rotatable bonds is 28. The van der Waals surface area contributed by atoms with Crippen molar-refractivity contribution in [2.45, 2.75) is 142 Å². The molecule has 1 aliphatic rings. The number of nitrogens with one attached hydrogen (secondary N) is 1. The Kier molecular flexibility index (Phi) is 39.4. The molecule has 0 radical (unpaired) electrons. The number of likely N-dealkylation sites (N-methyl/N-ethyl adjacent to an activating group) is 1. The van der Waals surface area contributed by atoms with Crippen LogP contribution in [-0.4, -0.2) is 106 Å². The maximum atomic E-state index is 11.8. The minimum atomic E-state index is -0.443. The average molecular weight is 673 g/mol. The van der Waals surface area contributed by atoms with Crippen LogP contribution in [0.25, 0.3) is 0 Å². The van der Waals surface area contributed by atoms with Gasteiger partial charge in [-0.3, -0.25) is 9.69 Å². The van der Waals surface area contributed by atoms with Crippen LogP contribution in [0.2, 0.25) is 0 Å². The summed E-state index contributed by atoms with van der Waals surface area (Å²) < 4.78 is 4.99. The highest BCUT2D eigenvalue weighted by molar-refractivity contribution is 7.99. The van der Waals surface area contributed by atoms with Gasteiger partial charge in [-0.1, -0.05) is 104 Å². The molecule has 1 atom stereocenters. The third-order valence-electron chi connectivity index (χ3n) is 8.17. The molecule has 1 amide bonds. The molecule has 1 aliphatic heterocycles. The summed E-state index contributed by atoms with van der Waals surface area (Å²) in [7, 11) is 3.91. The Morgan fingerprint density at radius 3 is 1.93 bits per heavy atom. The van der Waals surface area contributed by atoms with Crippen LogP contribution in [0.3, 0.4) is 0 Å². The molecule has 0 aromatic carbocycles. The molecule has 1 saturated heterocycles. The smallest absolute Gasteiger partial charge is 0.236 e. The van der Waals surface area contributed by atoms with Gasteiger partial charge in [0.25, 0.3) is 0 Å². The lowest BCUT2D eigenvalue weighted by Crippen LogP contribution is -2.48. The van der Waals surface area contributed by atoms with Crippen molar-refractivity contribution < 1.29 is 19.1 Å². The topological polar surface area (TPSA) is 105 Å². The zero-order valence-electron chi connectivity index (χ0n) is 30.9. The number of amides is 1. The van der Waals surface area contributed by atoms with E-state index in [4.69, 9.17) is 10.5 Å². The van der Waals surface area contributed by atoms with Crippen LogP contribution in [0, 0.1) is 5.92 Å². The number of aldehydes is 2. The maximum absolute atomic E-state index is 11.8. The predicted molar refractivity (Wildman–Crippen MR) is 200 cm³/mol. The quantitative estimate of drug-likeness (QED) is 0.0669. The summed E-state index contributed by atoms with van der Waals surface area (Å²) in [6.45, 7) is 13.6. The summed E-state index contributed by atoms with van der Waals surface area (Å²) in [6, 6.07) is -0.443. The van der Waals surface area contributed by atoms with Gasteiger partial charge in [0.05, 0.1) is 6.04 Å². The van der Waals surface area contributed by atoms with Crippen LogP contribution in [0.1, 0.15) is 136 Å². The van der Waals surface area contributed by atoms with E-state index in [1.54, 1.807) is 18.9 Å². The Hall–Kier alpha value is -1.00. The largest absolute Gasteiger partial charge is 0.385 e. The number of hydrogen-bond donors (Lipinski definition) is 2. The van der Waals surface area contributed by atoms with E-state index in [-0.39, 0.29) is 5.91 Å². The molecule has 0 bridgehead atoms. The van der Waals surface area contributed by atoms with Crippen molar-refractivity contribution in [2.75, 3.05) is 71.5 Å². The molecule has 8 nitrogen and oxygen atoms in total. The summed E-state index contributed by atoms with van der Waals surface area (Å²) in [5.41, 5.74) is 5.85. The van der Waals surface area contributed by atoms with Gasteiger partial charge in [-0.15, -0.1) is 0 Å². The fraction of sp³-hybridized carbons (Fsp3) is 0.919. The van der Waals surface area contributed by atoms with Gasteiger partial charge in [-0.05, 0) is 43.7 Å². The van der Waals surface area contributed by atoms with E-state index in [9.17, 15) is 14.4 Å². The Morgan fingerprint density at radius 1 is 0.804 bits per heavy atom. The SMILES string of the molecule is CCCCCCCCCCCC=O.CN1CCN(CCNC(=O)C(N)CCSCCC=O)CC1.COCCCCCCCC(C)C. The first-order chi connectivity index (χ1) is 22.3. The molecule has 274 valence electrons. The molecular weight excluding hydrogens is 596 g/mol. The average Bonchev–Trinajstić information content (AvgIpc) is 3.05. The standard InChI is InChI=1S/C14H28N4O2S.C12H24O.C11H24O/c1-17-6-8-18(9-7-17)5-4-16-14(20)13(15)3-12-21-11-2-10-19;1-2-3-4-5-6-7-8-9-10-11-12-13;1-11(2)9-7-5-4-6-8-10-12-3/h10,13H,2-9,11-12,15H2,1H3,(H,16,20);12H,2-11H2,1H3;11H,4-10H2,1-3H3. The molecule has 9 heteroatoms. The van der Waals surface area contributed by atoms with Crippen molar-refractivity contribution in [1.82, 2.24) is 15.1 Å². The normalized spacial score (nSPS) is 14.2. The predicted octanol–water partition coefficient (Wildman–Crippen LogP) is 7.13. The molecule has 0 saturated carbocycles. The van der Waals surface area contributed by atoms with Gasteiger partial charge in [0, 0.05) is 65.8 Å². The zero-order chi connectivity index (χ0) is 34.5. The van der Waals surface area contributed by atoms with Gasteiger partial charge in [-0.2, -0.15) is 11.8 Å². The first-order valence-corrected chi connectivity index (χ1v) is 19.9. The van der Waals surface area contributed by atoms with Crippen LogP contribution in [-0.2, 0) is 19.1 Å². The number of nitrogens with zero attached hydrogens (tertiary/aromatic N) is 2. The fourth-order valence-corrected chi connectivity index (χ4v) is 5.87. The van der Waals surface area contributed by atoms with Crippen molar-refractivity contribution in [2.24, 2.45) is 11.7 Å². The number of piperazine rings is 1. The molecule has 1 heterocycles. The summed E-state index contributed by atoms with van der Waals surface area (Å²) in [4.78, 5) is 36.7. The number of thioether (sulfide) groups is 1. The van der Waals surface area contributed by atoms with Crippen molar-refractivity contribution in [3.63, 3.8) is 0 Å². The highest BCUT2D eigenvalue weighted by Gasteiger charge is 2.15. The van der Waals surface area contributed by atoms with Crippen molar-refractivity contribution >= 4 is 30.2 Å². The first-order valence-electron chi connectivity index (χ1n) is 18.7. The first kappa shape index (κ1) is 47.1. The Bertz CT molecular complexity index is 649. The number of nitrogens with two attached hydrogens (primary N) is 1. The fourth-order valence-electron chi connectivity index (χ4n) is 4.98. The van der Waals surface area contributed by atoms with Gasteiger partial charge in [0.2, 0.25) is 5.91 Å². The van der Waals surface area contributed by atoms with Crippen LogP contribution in [0.4, 0.5) is 0 Å². The molecule has 1 fully saturated rings. The van der Waals surface area contributed by atoms with E-state index < -0.39 is 6.04 Å². The van der Waals surface area contributed by atoms with E-state index in [0.717, 1.165) is 82.2 Å². The third kappa shape index (κ3) is 37.5. The van der Waals surface area contributed by atoms with Crippen LogP contribution < -0.4 is 11.1 Å². The molecular formula is C37H76N4O4S. The summed E-state index contributed by atoms with van der Waals surface area (Å²) >= 11 is 1.67. The molecule has 1 unspecified atom stereocenters. The van der Waals surface area contributed by atoms with Gasteiger partial charge in [-0.25, -0.2) is 0 Å². The van der Waals surface area contributed by atoms with Crippen molar-refractivity contribution in [3.8, 4) is 0 Å². The number of carbonyl (C=O) groups excluding carboxylic acids is 3. The van der Waals surface area contributed by atoms with Crippen LogP contribution in [0.5, 0.6) is 0 Å². The monoisotopic (exact) mass is 673 g/mol. The minimum absolute atomic E-state index is 0.0693. The van der Waals surface area contributed by atoms with Gasteiger partial charge >= 0.3 is 0 Å². The van der Waals surface area contributed by atoms with E-state index in [1.807, 2.05) is 0 Å². The molecule has 0 aliphatic carbocycles. The van der Waals surface area contributed by atoms with Crippen molar-refractivity contribution in [1.29, 1.82) is 0 Å². The van der Waals surface area contributed by atoms with E-state index in [0.29, 0.717) is 19.4 Å². The molecule has 3 N–H and O–H groups in total. The molecule has 0 aromatic heterocycles. The van der Waals surface area contributed by atoms with Crippen LogP contribution >= 0.6 is 11.8 Å². The molecule has 1 rings (SSSR count). The lowest BCUT2D eigenvalue weighted by molar-refractivity contribution is -0.122. The van der Waals surface area contributed by atoms with E-state index >= 15 is 0 Å². The van der Waals surface area contributed by atoms with Gasteiger partial charge in [0.1, 0.15) is 12.6 Å².